The Bertz CT molecular complexity index is 565. The first-order valence-electron chi connectivity index (χ1n) is 8.07. The minimum absolute atomic E-state index is 0.0285. The number of methoxy groups -OCH3 is 1. The van der Waals surface area contributed by atoms with Gasteiger partial charge in [-0.15, -0.1) is 0 Å². The maximum Gasteiger partial charge on any atom is 0.255 e. The molecule has 0 aromatic carbocycles. The zero-order valence-electron chi connectivity index (χ0n) is 13.7. The number of aromatic nitrogens is 1. The number of aromatic amines is 1. The zero-order chi connectivity index (χ0) is 16.1. The Labute approximate surface area is 131 Å². The fraction of sp³-hybridized carbons (Fsp3) is 0.647. The molecule has 122 valence electrons. The first-order valence-corrected chi connectivity index (χ1v) is 8.07. The smallest absolute Gasteiger partial charge is 0.255 e. The van der Waals surface area contributed by atoms with Crippen LogP contribution in [0.4, 0.5) is 0 Å². The zero-order valence-corrected chi connectivity index (χ0v) is 13.7. The molecule has 0 spiro atoms. The Morgan fingerprint density at radius 1 is 1.41 bits per heavy atom. The maximum atomic E-state index is 13.0. The van der Waals surface area contributed by atoms with E-state index in [9.17, 15) is 9.59 Å². The number of nitrogens with zero attached hydrogens (tertiary/aromatic N) is 1. The molecule has 1 atom stereocenters. The van der Waals surface area contributed by atoms with Crippen molar-refractivity contribution in [2.45, 2.75) is 51.5 Å². The van der Waals surface area contributed by atoms with Gasteiger partial charge in [0.2, 0.25) is 5.56 Å². The molecule has 0 aliphatic carbocycles. The van der Waals surface area contributed by atoms with E-state index in [1.807, 2.05) is 18.7 Å². The highest BCUT2D eigenvalue weighted by molar-refractivity contribution is 5.95. The third-order valence-corrected chi connectivity index (χ3v) is 4.30. The molecule has 1 aromatic rings. The number of pyridine rings is 1. The highest BCUT2D eigenvalue weighted by atomic mass is 16.5. The van der Waals surface area contributed by atoms with E-state index in [1.165, 1.54) is 6.07 Å². The van der Waals surface area contributed by atoms with Crippen molar-refractivity contribution in [2.75, 3.05) is 20.3 Å². The topological polar surface area (TPSA) is 62.4 Å². The molecule has 1 aliphatic rings. The lowest BCUT2D eigenvalue weighted by atomic mass is 9.96. The predicted molar refractivity (Wildman–Crippen MR) is 86.3 cm³/mol. The molecule has 5 nitrogen and oxygen atoms in total. The van der Waals surface area contributed by atoms with Gasteiger partial charge in [0.05, 0.1) is 5.56 Å². The fourth-order valence-electron chi connectivity index (χ4n) is 3.11. The lowest BCUT2D eigenvalue weighted by Crippen LogP contribution is -2.44. The first-order chi connectivity index (χ1) is 10.5. The van der Waals surface area contributed by atoms with E-state index in [4.69, 9.17) is 4.74 Å². The summed E-state index contributed by atoms with van der Waals surface area (Å²) in [5.74, 6) is 0.135. The largest absolute Gasteiger partial charge is 0.385 e. The van der Waals surface area contributed by atoms with E-state index in [2.05, 4.69) is 4.98 Å². The molecule has 1 saturated heterocycles. The van der Waals surface area contributed by atoms with Crippen LogP contribution in [0, 0.1) is 0 Å². The van der Waals surface area contributed by atoms with Gasteiger partial charge in [0.1, 0.15) is 0 Å². The van der Waals surface area contributed by atoms with Crippen LogP contribution in [0.3, 0.4) is 0 Å². The second-order valence-electron chi connectivity index (χ2n) is 6.23. The Balaban J connectivity index is 2.27. The Morgan fingerprint density at radius 3 is 2.86 bits per heavy atom. The second-order valence-corrected chi connectivity index (χ2v) is 6.23. The van der Waals surface area contributed by atoms with Crippen molar-refractivity contribution in [2.24, 2.45) is 0 Å². The first kappa shape index (κ1) is 16.7. The summed E-state index contributed by atoms with van der Waals surface area (Å²) < 4.78 is 5.17. The van der Waals surface area contributed by atoms with Gasteiger partial charge in [-0.2, -0.15) is 0 Å². The third kappa shape index (κ3) is 3.77. The molecule has 1 N–H and O–H groups in total. The van der Waals surface area contributed by atoms with Gasteiger partial charge >= 0.3 is 0 Å². The van der Waals surface area contributed by atoms with E-state index in [0.29, 0.717) is 12.2 Å². The van der Waals surface area contributed by atoms with E-state index < -0.39 is 0 Å². The van der Waals surface area contributed by atoms with Crippen molar-refractivity contribution in [1.29, 1.82) is 0 Å². The lowest BCUT2D eigenvalue weighted by molar-refractivity contribution is 0.0551. The number of nitrogens with one attached hydrogen (secondary N) is 1. The van der Waals surface area contributed by atoms with Gasteiger partial charge < -0.3 is 14.6 Å². The second kappa shape index (κ2) is 7.58. The molecule has 1 unspecified atom stereocenters. The van der Waals surface area contributed by atoms with E-state index >= 15 is 0 Å². The highest BCUT2D eigenvalue weighted by Crippen LogP contribution is 2.24. The monoisotopic (exact) mass is 306 g/mol. The fourth-order valence-corrected chi connectivity index (χ4v) is 3.11. The van der Waals surface area contributed by atoms with Crippen LogP contribution in [0.5, 0.6) is 0 Å². The number of ether oxygens (including phenoxy) is 1. The van der Waals surface area contributed by atoms with Crippen molar-refractivity contribution in [3.63, 3.8) is 0 Å². The number of likely N-dealkylation sites (tertiary alicyclic amines) is 1. The van der Waals surface area contributed by atoms with Crippen molar-refractivity contribution in [1.82, 2.24) is 9.88 Å². The Morgan fingerprint density at radius 2 is 2.18 bits per heavy atom. The van der Waals surface area contributed by atoms with Crippen LogP contribution in [0.15, 0.2) is 16.9 Å². The maximum absolute atomic E-state index is 13.0. The average Bonchev–Trinajstić information content (AvgIpc) is 2.52. The number of carbonyl (C=O) groups excluding carboxylic acids is 1. The van der Waals surface area contributed by atoms with Gasteiger partial charge in [-0.1, -0.05) is 13.8 Å². The number of piperidine rings is 1. The van der Waals surface area contributed by atoms with Crippen LogP contribution >= 0.6 is 0 Å². The molecule has 0 saturated carbocycles. The summed E-state index contributed by atoms with van der Waals surface area (Å²) in [5.41, 5.74) is 1.20. The molecule has 1 aromatic heterocycles. The van der Waals surface area contributed by atoms with E-state index in [1.54, 1.807) is 13.2 Å². The van der Waals surface area contributed by atoms with Crippen molar-refractivity contribution in [3.8, 4) is 0 Å². The molecule has 22 heavy (non-hydrogen) atoms. The molecule has 0 bridgehead atoms. The third-order valence-electron chi connectivity index (χ3n) is 4.30. The number of rotatable bonds is 5. The van der Waals surface area contributed by atoms with Gasteiger partial charge in [-0.05, 0) is 37.7 Å². The van der Waals surface area contributed by atoms with Crippen molar-refractivity contribution in [3.05, 3.63) is 33.7 Å². The number of carbonyl (C=O) groups is 1. The molecule has 0 radical (unpaired) electrons. The van der Waals surface area contributed by atoms with Gasteiger partial charge in [-0.25, -0.2) is 0 Å². The minimum atomic E-state index is -0.158. The molecule has 2 heterocycles. The standard InChI is InChI=1S/C17H26N2O3/c1-12(2)16-14(7-8-15(20)18-16)17(21)19-10-5-4-6-13(19)9-11-22-3/h7-8,12-13H,4-6,9-11H2,1-3H3,(H,18,20). The Hall–Kier alpha value is -1.62. The number of amides is 1. The average molecular weight is 306 g/mol. The molecule has 1 amide bonds. The normalized spacial score (nSPS) is 18.7. The summed E-state index contributed by atoms with van der Waals surface area (Å²) in [6.07, 6.45) is 4.08. The molecule has 5 heteroatoms. The van der Waals surface area contributed by atoms with Crippen LogP contribution in [-0.2, 0) is 4.74 Å². The van der Waals surface area contributed by atoms with E-state index in [-0.39, 0.29) is 23.4 Å². The van der Waals surface area contributed by atoms with Crippen molar-refractivity contribution >= 4 is 5.91 Å². The summed E-state index contributed by atoms with van der Waals surface area (Å²) in [4.78, 5) is 29.3. The van der Waals surface area contributed by atoms with Gasteiger partial charge in [0.15, 0.2) is 0 Å². The van der Waals surface area contributed by atoms with Crippen LogP contribution in [0.1, 0.15) is 61.5 Å². The molecular weight excluding hydrogens is 280 g/mol. The Kier molecular flexibility index (Phi) is 5.77. The summed E-state index contributed by atoms with van der Waals surface area (Å²) >= 11 is 0. The van der Waals surface area contributed by atoms with E-state index in [0.717, 1.165) is 37.9 Å². The molecule has 1 fully saturated rings. The number of H-pyrrole nitrogens is 1. The van der Waals surface area contributed by atoms with Crippen LogP contribution in [0.25, 0.3) is 0 Å². The molecule has 1 aliphatic heterocycles. The lowest BCUT2D eigenvalue weighted by Gasteiger charge is -2.36. The van der Waals surface area contributed by atoms with Crippen LogP contribution < -0.4 is 5.56 Å². The molecular formula is C17H26N2O3. The number of hydrogen-bond acceptors (Lipinski definition) is 3. The minimum Gasteiger partial charge on any atom is -0.385 e. The number of hydrogen-bond donors (Lipinski definition) is 1. The van der Waals surface area contributed by atoms with Gasteiger partial charge in [0.25, 0.3) is 5.91 Å². The van der Waals surface area contributed by atoms with Crippen molar-refractivity contribution < 1.29 is 9.53 Å². The highest BCUT2D eigenvalue weighted by Gasteiger charge is 2.29. The predicted octanol–water partition coefficient (Wildman–Crippen LogP) is 2.53. The molecule has 2 rings (SSSR count). The van der Waals surface area contributed by atoms with Gasteiger partial charge in [0, 0.05) is 38.1 Å². The van der Waals surface area contributed by atoms with Crippen LogP contribution in [0.2, 0.25) is 0 Å². The summed E-state index contributed by atoms with van der Waals surface area (Å²) in [6, 6.07) is 3.33. The summed E-state index contributed by atoms with van der Waals surface area (Å²) in [6.45, 7) is 5.42. The van der Waals surface area contributed by atoms with Gasteiger partial charge in [-0.3, -0.25) is 9.59 Å². The summed E-state index contributed by atoms with van der Waals surface area (Å²) in [7, 11) is 1.69. The quantitative estimate of drug-likeness (QED) is 0.909. The van der Waals surface area contributed by atoms with Crippen LogP contribution in [-0.4, -0.2) is 42.1 Å². The SMILES string of the molecule is COCCC1CCCCN1C(=O)c1ccc(=O)[nH]c1C(C)C. The summed E-state index contributed by atoms with van der Waals surface area (Å²) in [5, 5.41) is 0.